The Morgan fingerprint density at radius 3 is 2.38 bits per heavy atom. The quantitative estimate of drug-likeness (QED) is 0.701. The molecule has 2 aliphatic rings. The van der Waals surface area contributed by atoms with Crippen LogP contribution in [0.1, 0.15) is 37.2 Å². The number of amides is 1. The molecule has 1 saturated carbocycles. The summed E-state index contributed by atoms with van der Waals surface area (Å²) in [5.41, 5.74) is 7.22. The Kier molecular flexibility index (Phi) is 9.90. The van der Waals surface area contributed by atoms with E-state index in [0.717, 1.165) is 19.6 Å². The summed E-state index contributed by atoms with van der Waals surface area (Å²) >= 11 is 0. The standard InChI is InChI=1S/C19H29N3O2.2ClH/c20-17-12-16(13-18(17)23)19(24)21-8-11-22-9-6-15(7-10-22)14-4-2-1-3-5-14;;/h1-5,15-18,23H,6-13,20H2,(H,21,24);2*1H/t16-,17-,18-;;/m0../s1. The molecule has 3 rings (SSSR count). The molecule has 1 aliphatic carbocycles. The second kappa shape index (κ2) is 11.1. The van der Waals surface area contributed by atoms with Crippen molar-refractivity contribution >= 4 is 30.7 Å². The maximum Gasteiger partial charge on any atom is 0.223 e. The second-order valence-corrected chi connectivity index (χ2v) is 7.22. The molecule has 1 saturated heterocycles. The van der Waals surface area contributed by atoms with Crippen molar-refractivity contribution in [3.63, 3.8) is 0 Å². The van der Waals surface area contributed by atoms with Gasteiger partial charge in [0.2, 0.25) is 5.91 Å². The lowest BCUT2D eigenvalue weighted by Crippen LogP contribution is -2.40. The molecule has 1 aromatic rings. The molecular formula is C19H31Cl2N3O2. The summed E-state index contributed by atoms with van der Waals surface area (Å²) in [5, 5.41) is 12.7. The van der Waals surface area contributed by atoms with Gasteiger partial charge in [0.25, 0.3) is 0 Å². The van der Waals surface area contributed by atoms with Gasteiger partial charge in [0.15, 0.2) is 0 Å². The summed E-state index contributed by atoms with van der Waals surface area (Å²) < 4.78 is 0. The molecular weight excluding hydrogens is 373 g/mol. The van der Waals surface area contributed by atoms with Crippen molar-refractivity contribution in [1.82, 2.24) is 10.2 Å². The Bertz CT molecular complexity index is 529. The highest BCUT2D eigenvalue weighted by Gasteiger charge is 2.34. The number of piperidine rings is 1. The minimum Gasteiger partial charge on any atom is -0.391 e. The van der Waals surface area contributed by atoms with E-state index in [0.29, 0.717) is 25.3 Å². The van der Waals surface area contributed by atoms with E-state index >= 15 is 0 Å². The minimum absolute atomic E-state index is 0. The van der Waals surface area contributed by atoms with Crippen LogP contribution in [0, 0.1) is 5.92 Å². The number of carbonyl (C=O) groups is 1. The Labute approximate surface area is 168 Å². The average Bonchev–Trinajstić information content (AvgIpc) is 2.95. The predicted molar refractivity (Wildman–Crippen MR) is 109 cm³/mol. The number of hydrogen-bond donors (Lipinski definition) is 3. The first-order chi connectivity index (χ1) is 11.6. The van der Waals surface area contributed by atoms with E-state index in [-0.39, 0.29) is 42.7 Å². The molecule has 1 aromatic carbocycles. The maximum absolute atomic E-state index is 12.1. The maximum atomic E-state index is 12.1. The van der Waals surface area contributed by atoms with Crippen LogP contribution in [0.5, 0.6) is 0 Å². The Morgan fingerprint density at radius 1 is 1.15 bits per heavy atom. The van der Waals surface area contributed by atoms with Gasteiger partial charge in [-0.05, 0) is 50.3 Å². The number of nitrogens with two attached hydrogens (primary N) is 1. The number of benzene rings is 1. The Balaban J connectivity index is 0.00000169. The van der Waals surface area contributed by atoms with Gasteiger partial charge in [-0.15, -0.1) is 24.8 Å². The third-order valence-corrected chi connectivity index (χ3v) is 5.53. The zero-order valence-electron chi connectivity index (χ0n) is 15.0. The van der Waals surface area contributed by atoms with Crippen LogP contribution in [0.4, 0.5) is 0 Å². The first kappa shape index (κ1) is 23.2. The first-order valence-electron chi connectivity index (χ1n) is 9.12. The smallest absolute Gasteiger partial charge is 0.223 e. The molecule has 1 aliphatic heterocycles. The lowest BCUT2D eigenvalue weighted by molar-refractivity contribution is -0.125. The lowest BCUT2D eigenvalue weighted by Gasteiger charge is -2.32. The van der Waals surface area contributed by atoms with Crippen LogP contribution in [0.25, 0.3) is 0 Å². The number of rotatable bonds is 5. The van der Waals surface area contributed by atoms with E-state index in [1.165, 1.54) is 18.4 Å². The number of likely N-dealkylation sites (tertiary alicyclic amines) is 1. The summed E-state index contributed by atoms with van der Waals surface area (Å²) in [7, 11) is 0. The van der Waals surface area contributed by atoms with Crippen LogP contribution in [0.2, 0.25) is 0 Å². The highest BCUT2D eigenvalue weighted by atomic mass is 35.5. The lowest BCUT2D eigenvalue weighted by atomic mass is 9.89. The third kappa shape index (κ3) is 6.10. The fraction of sp³-hybridized carbons (Fsp3) is 0.632. The van der Waals surface area contributed by atoms with Crippen LogP contribution in [-0.4, -0.2) is 54.2 Å². The van der Waals surface area contributed by atoms with E-state index in [1.807, 2.05) is 0 Å². The minimum atomic E-state index is -0.530. The predicted octanol–water partition coefficient (Wildman–Crippen LogP) is 1.92. The van der Waals surface area contributed by atoms with Crippen molar-refractivity contribution in [3.8, 4) is 0 Å². The number of nitrogens with zero attached hydrogens (tertiary/aromatic N) is 1. The van der Waals surface area contributed by atoms with E-state index in [9.17, 15) is 9.90 Å². The van der Waals surface area contributed by atoms with Crippen molar-refractivity contribution in [1.29, 1.82) is 0 Å². The summed E-state index contributed by atoms with van der Waals surface area (Å²) in [4.78, 5) is 14.5. The van der Waals surface area contributed by atoms with E-state index in [2.05, 4.69) is 40.5 Å². The van der Waals surface area contributed by atoms with Crippen LogP contribution in [-0.2, 0) is 4.79 Å². The fourth-order valence-electron chi connectivity index (χ4n) is 3.96. The molecule has 0 aromatic heterocycles. The molecule has 0 radical (unpaired) electrons. The average molecular weight is 404 g/mol. The van der Waals surface area contributed by atoms with Crippen molar-refractivity contribution in [2.45, 2.75) is 43.7 Å². The van der Waals surface area contributed by atoms with Crippen LogP contribution >= 0.6 is 24.8 Å². The summed E-state index contributed by atoms with van der Waals surface area (Å²) in [5.74, 6) is 0.582. The van der Waals surface area contributed by atoms with Gasteiger partial charge in [-0.3, -0.25) is 4.79 Å². The largest absolute Gasteiger partial charge is 0.391 e. The molecule has 1 amide bonds. The second-order valence-electron chi connectivity index (χ2n) is 7.22. The highest BCUT2D eigenvalue weighted by Crippen LogP contribution is 2.27. The monoisotopic (exact) mass is 403 g/mol. The van der Waals surface area contributed by atoms with Gasteiger partial charge in [0, 0.05) is 25.0 Å². The van der Waals surface area contributed by atoms with E-state index in [4.69, 9.17) is 5.73 Å². The summed E-state index contributed by atoms with van der Waals surface area (Å²) in [6.45, 7) is 3.75. The normalized spacial score (nSPS) is 26.6. The molecule has 2 fully saturated rings. The number of carbonyl (C=O) groups excluding carboxylic acids is 1. The molecule has 3 atom stereocenters. The molecule has 1 heterocycles. The molecule has 0 spiro atoms. The molecule has 7 heteroatoms. The van der Waals surface area contributed by atoms with Gasteiger partial charge in [-0.2, -0.15) is 0 Å². The molecule has 26 heavy (non-hydrogen) atoms. The molecule has 5 nitrogen and oxygen atoms in total. The van der Waals surface area contributed by atoms with Crippen molar-refractivity contribution in [3.05, 3.63) is 35.9 Å². The van der Waals surface area contributed by atoms with Gasteiger partial charge in [-0.25, -0.2) is 0 Å². The third-order valence-electron chi connectivity index (χ3n) is 5.53. The number of hydrogen-bond acceptors (Lipinski definition) is 4. The van der Waals surface area contributed by atoms with E-state index in [1.54, 1.807) is 0 Å². The SMILES string of the molecule is Cl.Cl.N[C@H]1C[C@H](C(=O)NCCN2CCC(c3ccccc3)CC2)C[C@@H]1O. The number of aliphatic hydroxyl groups is 1. The van der Waals surface area contributed by atoms with E-state index < -0.39 is 6.10 Å². The Morgan fingerprint density at radius 2 is 1.81 bits per heavy atom. The first-order valence-corrected chi connectivity index (χ1v) is 9.12. The highest BCUT2D eigenvalue weighted by molar-refractivity contribution is 5.85. The molecule has 4 N–H and O–H groups in total. The number of nitrogens with one attached hydrogen (secondary N) is 1. The number of halogens is 2. The zero-order valence-corrected chi connectivity index (χ0v) is 16.7. The Hall–Kier alpha value is -0.850. The molecule has 0 bridgehead atoms. The number of aliphatic hydroxyl groups excluding tert-OH is 1. The van der Waals surface area contributed by atoms with Crippen molar-refractivity contribution in [2.24, 2.45) is 11.7 Å². The van der Waals surface area contributed by atoms with Crippen molar-refractivity contribution in [2.75, 3.05) is 26.2 Å². The van der Waals surface area contributed by atoms with Gasteiger partial charge in [0.1, 0.15) is 0 Å². The summed E-state index contributed by atoms with van der Waals surface area (Å²) in [6.07, 6.45) is 2.92. The molecule has 148 valence electrons. The van der Waals surface area contributed by atoms with Crippen LogP contribution in [0.3, 0.4) is 0 Å². The fourth-order valence-corrected chi connectivity index (χ4v) is 3.96. The molecule has 0 unspecified atom stereocenters. The van der Waals surface area contributed by atoms with Gasteiger partial charge in [0.05, 0.1) is 6.10 Å². The zero-order chi connectivity index (χ0) is 16.9. The van der Waals surface area contributed by atoms with Crippen LogP contribution < -0.4 is 11.1 Å². The topological polar surface area (TPSA) is 78.6 Å². The summed E-state index contributed by atoms with van der Waals surface area (Å²) in [6, 6.07) is 10.5. The van der Waals surface area contributed by atoms with Crippen LogP contribution in [0.15, 0.2) is 30.3 Å². The van der Waals surface area contributed by atoms with Crippen molar-refractivity contribution < 1.29 is 9.90 Å². The van der Waals surface area contributed by atoms with Gasteiger partial charge >= 0.3 is 0 Å². The van der Waals surface area contributed by atoms with Gasteiger partial charge in [-0.1, -0.05) is 30.3 Å². The van der Waals surface area contributed by atoms with Gasteiger partial charge < -0.3 is 21.1 Å².